The molecule has 5 fully saturated rings. The fourth-order valence-corrected chi connectivity index (χ4v) is 8.47. The van der Waals surface area contributed by atoms with Gasteiger partial charge in [0, 0.05) is 42.7 Å². The van der Waals surface area contributed by atoms with Crippen LogP contribution in [-0.2, 0) is 10.2 Å². The molecule has 1 aromatic carbocycles. The second kappa shape index (κ2) is 8.52. The van der Waals surface area contributed by atoms with Gasteiger partial charge in [-0.3, -0.25) is 9.69 Å². The maximum atomic E-state index is 13.1. The Hall–Kier alpha value is -2.23. The zero-order valence-electron chi connectivity index (χ0n) is 19.2. The minimum atomic E-state index is -0.732. The van der Waals surface area contributed by atoms with Gasteiger partial charge in [0.2, 0.25) is 0 Å². The van der Waals surface area contributed by atoms with Crippen molar-refractivity contribution in [1.29, 1.82) is 5.26 Å². The zero-order chi connectivity index (χ0) is 22.4. The van der Waals surface area contributed by atoms with E-state index in [9.17, 15) is 10.1 Å². The van der Waals surface area contributed by atoms with Gasteiger partial charge in [-0.25, -0.2) is 4.98 Å². The fraction of sp³-hybridized carbons (Fsp3) is 0.593. The number of nitrogens with zero attached hydrogens (tertiary/aromatic N) is 4. The molecule has 7 rings (SSSR count). The van der Waals surface area contributed by atoms with Crippen molar-refractivity contribution in [2.45, 2.75) is 49.9 Å². The van der Waals surface area contributed by atoms with Crippen LogP contribution in [-0.4, -0.2) is 48.4 Å². The van der Waals surface area contributed by atoms with Crippen LogP contribution in [0, 0.1) is 29.1 Å². The van der Waals surface area contributed by atoms with Crippen LogP contribution in [0.15, 0.2) is 35.7 Å². The molecule has 1 saturated heterocycles. The fourth-order valence-electron chi connectivity index (χ4n) is 7.47. The molecule has 1 aromatic heterocycles. The summed E-state index contributed by atoms with van der Waals surface area (Å²) in [5, 5.41) is 12.8. The van der Waals surface area contributed by atoms with E-state index in [-0.39, 0.29) is 11.2 Å². The van der Waals surface area contributed by atoms with Crippen molar-refractivity contribution in [3.05, 3.63) is 46.4 Å². The van der Waals surface area contributed by atoms with E-state index in [1.165, 1.54) is 61.2 Å². The van der Waals surface area contributed by atoms with Crippen LogP contribution in [0.1, 0.15) is 55.1 Å². The SMILES string of the molecule is N#C[C@@H](C(=O)CN1CCN(c2ccccc2)CC1)c1nc(C23CC4CC(CC(C4)C2)C3)cs1. The average molecular weight is 461 g/mol. The number of thiazole rings is 1. The van der Waals surface area contributed by atoms with Crippen LogP contribution < -0.4 is 4.90 Å². The summed E-state index contributed by atoms with van der Waals surface area (Å²) in [7, 11) is 0. The summed E-state index contributed by atoms with van der Waals surface area (Å²) in [4.78, 5) is 22.7. The Morgan fingerprint density at radius 1 is 1.06 bits per heavy atom. The lowest BCUT2D eigenvalue weighted by atomic mass is 9.49. The first kappa shape index (κ1) is 21.3. The van der Waals surface area contributed by atoms with E-state index in [1.807, 2.05) is 6.07 Å². The topological polar surface area (TPSA) is 60.2 Å². The van der Waals surface area contributed by atoms with E-state index in [4.69, 9.17) is 4.98 Å². The summed E-state index contributed by atoms with van der Waals surface area (Å²) >= 11 is 1.54. The average Bonchev–Trinajstić information content (AvgIpc) is 3.31. The minimum absolute atomic E-state index is 0.00271. The second-order valence-corrected chi connectivity index (χ2v) is 11.8. The molecule has 0 spiro atoms. The number of ketones is 1. The Kier molecular flexibility index (Phi) is 5.50. The van der Waals surface area contributed by atoms with E-state index >= 15 is 0 Å². The lowest BCUT2D eigenvalue weighted by Crippen LogP contribution is -2.48. The maximum absolute atomic E-state index is 13.1. The molecule has 4 saturated carbocycles. The van der Waals surface area contributed by atoms with Gasteiger partial charge in [0.15, 0.2) is 11.7 Å². The molecule has 33 heavy (non-hydrogen) atoms. The molecule has 5 nitrogen and oxygen atoms in total. The lowest BCUT2D eigenvalue weighted by Gasteiger charge is -2.56. The van der Waals surface area contributed by atoms with E-state index in [1.54, 1.807) is 0 Å². The van der Waals surface area contributed by atoms with E-state index in [0.717, 1.165) is 48.9 Å². The molecule has 172 valence electrons. The van der Waals surface area contributed by atoms with Crippen molar-refractivity contribution in [3.63, 3.8) is 0 Å². The lowest BCUT2D eigenvalue weighted by molar-refractivity contribution is -0.120. The highest BCUT2D eigenvalue weighted by molar-refractivity contribution is 7.10. The van der Waals surface area contributed by atoms with E-state index < -0.39 is 5.92 Å². The van der Waals surface area contributed by atoms with Crippen molar-refractivity contribution in [1.82, 2.24) is 9.88 Å². The molecular weight excluding hydrogens is 428 g/mol. The molecular formula is C27H32N4OS. The summed E-state index contributed by atoms with van der Waals surface area (Å²) in [5.74, 6) is 1.86. The van der Waals surface area contributed by atoms with Crippen LogP contribution in [0.25, 0.3) is 0 Å². The molecule has 1 atom stereocenters. The predicted octanol–water partition coefficient (Wildman–Crippen LogP) is 4.61. The molecule has 5 aliphatic rings. The Morgan fingerprint density at radius 2 is 1.70 bits per heavy atom. The molecule has 2 heterocycles. The van der Waals surface area contributed by atoms with Crippen LogP contribution in [0.4, 0.5) is 5.69 Å². The van der Waals surface area contributed by atoms with Gasteiger partial charge in [-0.2, -0.15) is 5.26 Å². The van der Waals surface area contributed by atoms with E-state index in [0.29, 0.717) is 6.54 Å². The van der Waals surface area contributed by atoms with Gasteiger partial charge in [0.25, 0.3) is 0 Å². The summed E-state index contributed by atoms with van der Waals surface area (Å²) in [6.45, 7) is 3.83. The third-order valence-electron chi connectivity index (χ3n) is 8.67. The number of nitriles is 1. The summed E-state index contributed by atoms with van der Waals surface area (Å²) in [5.41, 5.74) is 2.64. The smallest absolute Gasteiger partial charge is 0.170 e. The van der Waals surface area contributed by atoms with Gasteiger partial charge >= 0.3 is 0 Å². The Labute approximate surface area is 200 Å². The molecule has 0 unspecified atom stereocenters. The highest BCUT2D eigenvalue weighted by atomic mass is 32.1. The Bertz CT molecular complexity index is 1010. The number of rotatable bonds is 6. The number of benzene rings is 1. The van der Waals surface area contributed by atoms with Crippen molar-refractivity contribution in [3.8, 4) is 6.07 Å². The van der Waals surface area contributed by atoms with Crippen molar-refractivity contribution >= 4 is 22.8 Å². The van der Waals surface area contributed by atoms with Crippen LogP contribution >= 0.6 is 11.3 Å². The Balaban J connectivity index is 1.10. The molecule has 2 aromatic rings. The van der Waals surface area contributed by atoms with Gasteiger partial charge in [-0.15, -0.1) is 11.3 Å². The van der Waals surface area contributed by atoms with Gasteiger partial charge in [-0.05, 0) is 68.4 Å². The summed E-state index contributed by atoms with van der Waals surface area (Å²) in [6, 6.07) is 12.7. The molecule has 6 heteroatoms. The molecule has 4 aliphatic carbocycles. The predicted molar refractivity (Wildman–Crippen MR) is 130 cm³/mol. The number of hydrogen-bond acceptors (Lipinski definition) is 6. The summed E-state index contributed by atoms with van der Waals surface area (Å²) < 4.78 is 0. The minimum Gasteiger partial charge on any atom is -0.369 e. The molecule has 0 radical (unpaired) electrons. The van der Waals surface area contributed by atoms with Gasteiger partial charge in [0.1, 0.15) is 5.01 Å². The number of Topliss-reactive ketones (excluding diaryl/α,β-unsaturated/α-hetero) is 1. The monoisotopic (exact) mass is 460 g/mol. The first-order valence-corrected chi connectivity index (χ1v) is 13.4. The van der Waals surface area contributed by atoms with Gasteiger partial charge < -0.3 is 4.90 Å². The normalized spacial score (nSPS) is 32.0. The number of anilines is 1. The van der Waals surface area contributed by atoms with Crippen LogP contribution in [0.2, 0.25) is 0 Å². The third-order valence-corrected chi connectivity index (χ3v) is 9.58. The second-order valence-electron chi connectivity index (χ2n) is 10.9. The number of aromatic nitrogens is 1. The number of carbonyl (C=O) groups excluding carboxylic acids is 1. The van der Waals surface area contributed by atoms with Crippen LogP contribution in [0.3, 0.4) is 0 Å². The van der Waals surface area contributed by atoms with Crippen molar-refractivity contribution in [2.75, 3.05) is 37.6 Å². The summed E-state index contributed by atoms with van der Waals surface area (Å²) in [6.07, 6.45) is 8.02. The van der Waals surface area contributed by atoms with Gasteiger partial charge in [-0.1, -0.05) is 18.2 Å². The third kappa shape index (κ3) is 4.00. The highest BCUT2D eigenvalue weighted by Crippen LogP contribution is 2.60. The quantitative estimate of drug-likeness (QED) is 0.630. The highest BCUT2D eigenvalue weighted by Gasteiger charge is 2.52. The van der Waals surface area contributed by atoms with Crippen molar-refractivity contribution in [2.24, 2.45) is 17.8 Å². The van der Waals surface area contributed by atoms with E-state index in [2.05, 4.69) is 45.5 Å². The van der Waals surface area contributed by atoms with Crippen molar-refractivity contribution < 1.29 is 4.79 Å². The molecule has 0 N–H and O–H groups in total. The number of carbonyl (C=O) groups is 1. The first-order valence-electron chi connectivity index (χ1n) is 12.5. The zero-order valence-corrected chi connectivity index (χ0v) is 20.0. The van der Waals surface area contributed by atoms with Gasteiger partial charge in [0.05, 0.1) is 18.3 Å². The Morgan fingerprint density at radius 3 is 2.30 bits per heavy atom. The molecule has 4 bridgehead atoms. The number of para-hydroxylation sites is 1. The maximum Gasteiger partial charge on any atom is 0.170 e. The molecule has 0 amide bonds. The number of hydrogen-bond donors (Lipinski definition) is 0. The first-order chi connectivity index (χ1) is 16.1. The standard InChI is InChI=1S/C27H32N4OS/c28-16-23(24(32)17-30-6-8-31(9-7-30)22-4-2-1-3-5-22)26-29-25(18-33-26)27-13-19-10-20(14-27)12-21(11-19)15-27/h1-5,18-21,23H,6-15,17H2/t19?,20?,21?,23-,27?/m0/s1. The largest absolute Gasteiger partial charge is 0.369 e. The van der Waals surface area contributed by atoms with Crippen LogP contribution in [0.5, 0.6) is 0 Å². The number of piperazine rings is 1. The molecule has 1 aliphatic heterocycles.